The predicted octanol–water partition coefficient (Wildman–Crippen LogP) is 3.70. The molecule has 2 aromatic carbocycles. The molecule has 1 aliphatic heterocycles. The molecule has 0 unspecified atom stereocenters. The summed E-state index contributed by atoms with van der Waals surface area (Å²) < 4.78 is 33.7. The minimum atomic E-state index is -0.298. The number of nitrogens with zero attached hydrogens (tertiary/aromatic N) is 4. The number of hydrogen-bond donors (Lipinski definition) is 0. The van der Waals surface area contributed by atoms with Gasteiger partial charge in [-0.2, -0.15) is 5.10 Å². The van der Waals surface area contributed by atoms with Gasteiger partial charge in [0, 0.05) is 45.3 Å². The lowest BCUT2D eigenvalue weighted by Crippen LogP contribution is -2.34. The second-order valence-corrected chi connectivity index (χ2v) is 8.19. The fourth-order valence-corrected chi connectivity index (χ4v) is 4.22. The van der Waals surface area contributed by atoms with Crippen molar-refractivity contribution in [2.24, 2.45) is 0 Å². The van der Waals surface area contributed by atoms with Crippen molar-refractivity contribution < 1.29 is 18.3 Å². The van der Waals surface area contributed by atoms with E-state index in [1.165, 1.54) is 31.4 Å². The Balaban J connectivity index is 1.65. The van der Waals surface area contributed by atoms with Crippen molar-refractivity contribution >= 4 is 5.91 Å². The highest BCUT2D eigenvalue weighted by molar-refractivity contribution is 5.77. The van der Waals surface area contributed by atoms with E-state index < -0.39 is 0 Å². The number of fused-ring (bicyclic) bond motifs is 1. The topological polar surface area (TPSA) is 50.6 Å². The van der Waals surface area contributed by atoms with Crippen molar-refractivity contribution in [3.05, 3.63) is 82.7 Å². The quantitative estimate of drug-likeness (QED) is 0.521. The van der Waals surface area contributed by atoms with Gasteiger partial charge >= 0.3 is 0 Å². The molecule has 0 bridgehead atoms. The molecule has 0 N–H and O–H groups in total. The fourth-order valence-electron chi connectivity index (χ4n) is 4.22. The van der Waals surface area contributed by atoms with Crippen LogP contribution in [0.5, 0.6) is 0 Å². The summed E-state index contributed by atoms with van der Waals surface area (Å²) in [5.41, 5.74) is 4.80. The molecule has 3 aromatic rings. The number of carbonyl (C=O) groups is 1. The summed E-state index contributed by atoms with van der Waals surface area (Å²) in [5.74, 6) is -0.639. The van der Waals surface area contributed by atoms with Gasteiger partial charge < -0.3 is 9.64 Å². The van der Waals surface area contributed by atoms with Crippen LogP contribution in [0.1, 0.15) is 29.4 Å². The van der Waals surface area contributed by atoms with Crippen LogP contribution < -0.4 is 0 Å². The van der Waals surface area contributed by atoms with Crippen LogP contribution in [0.2, 0.25) is 0 Å². The second kappa shape index (κ2) is 10.2. The number of rotatable bonds is 8. The number of hydrogen-bond acceptors (Lipinski definition) is 4. The number of aromatic nitrogens is 2. The lowest BCUT2D eigenvalue weighted by atomic mass is 10.0. The van der Waals surface area contributed by atoms with Crippen LogP contribution in [-0.2, 0) is 35.6 Å². The highest BCUT2D eigenvalue weighted by atomic mass is 19.1. The zero-order valence-electron chi connectivity index (χ0n) is 18.9. The van der Waals surface area contributed by atoms with Crippen LogP contribution in [0, 0.1) is 11.6 Å². The largest absolute Gasteiger partial charge is 0.375 e. The minimum Gasteiger partial charge on any atom is -0.375 e. The average Bonchev–Trinajstić information content (AvgIpc) is 3.17. The molecular weight excluding hydrogens is 426 g/mol. The monoisotopic (exact) mass is 454 g/mol. The van der Waals surface area contributed by atoms with E-state index in [9.17, 15) is 13.6 Å². The Morgan fingerprint density at radius 3 is 2.39 bits per heavy atom. The van der Waals surface area contributed by atoms with Crippen molar-refractivity contribution in [1.29, 1.82) is 0 Å². The first kappa shape index (κ1) is 23.1. The van der Waals surface area contributed by atoms with Gasteiger partial charge in [0.15, 0.2) is 0 Å². The highest BCUT2D eigenvalue weighted by Crippen LogP contribution is 2.27. The number of likely N-dealkylation sites (N-methyl/N-ethyl adjacent to an activating group) is 1. The molecule has 8 heteroatoms. The lowest BCUT2D eigenvalue weighted by Gasteiger charge is -2.28. The van der Waals surface area contributed by atoms with Crippen LogP contribution in [0.4, 0.5) is 8.78 Å². The van der Waals surface area contributed by atoms with Gasteiger partial charge in [-0.1, -0.05) is 12.1 Å². The Morgan fingerprint density at radius 2 is 1.76 bits per heavy atom. The number of amides is 1. The van der Waals surface area contributed by atoms with Crippen LogP contribution in [0.25, 0.3) is 5.69 Å². The average molecular weight is 455 g/mol. The summed E-state index contributed by atoms with van der Waals surface area (Å²) >= 11 is 0. The van der Waals surface area contributed by atoms with E-state index in [2.05, 4.69) is 4.90 Å². The molecule has 0 aliphatic carbocycles. The second-order valence-electron chi connectivity index (χ2n) is 8.19. The normalized spacial score (nSPS) is 13.7. The molecule has 33 heavy (non-hydrogen) atoms. The number of methoxy groups -OCH3 is 1. The summed E-state index contributed by atoms with van der Waals surface area (Å²) in [7, 11) is 1.50. The van der Waals surface area contributed by atoms with E-state index in [0.29, 0.717) is 26.2 Å². The Kier molecular flexibility index (Phi) is 7.15. The molecule has 174 valence electrons. The zero-order chi connectivity index (χ0) is 23.4. The van der Waals surface area contributed by atoms with Crippen LogP contribution >= 0.6 is 0 Å². The number of carbonyl (C=O) groups excluding carboxylic acids is 1. The summed E-state index contributed by atoms with van der Waals surface area (Å²) in [6, 6.07) is 12.8. The molecule has 0 fully saturated rings. The van der Waals surface area contributed by atoms with E-state index in [0.717, 1.165) is 41.2 Å². The molecule has 1 aliphatic rings. The molecule has 0 atom stereocenters. The standard InChI is InChI=1S/C25H28F2N4O2/c1-3-30(25(32)17-33-2)16-23-22-15-29(14-18-4-6-19(26)7-5-18)13-12-24(22)31(28-23)21-10-8-20(27)9-11-21/h4-11H,3,12-17H2,1-2H3. The maximum atomic E-state index is 13.5. The molecule has 0 radical (unpaired) electrons. The van der Waals surface area contributed by atoms with Crippen molar-refractivity contribution in [2.45, 2.75) is 33.0 Å². The van der Waals surface area contributed by atoms with Gasteiger partial charge in [0.2, 0.25) is 5.91 Å². The number of halogens is 2. The summed E-state index contributed by atoms with van der Waals surface area (Å²) in [6.45, 7) is 5.04. The summed E-state index contributed by atoms with van der Waals surface area (Å²) in [4.78, 5) is 16.5. The smallest absolute Gasteiger partial charge is 0.248 e. The third-order valence-electron chi connectivity index (χ3n) is 5.95. The van der Waals surface area contributed by atoms with Crippen molar-refractivity contribution in [2.75, 3.05) is 26.8 Å². The van der Waals surface area contributed by atoms with Gasteiger partial charge in [-0.3, -0.25) is 9.69 Å². The number of ether oxygens (including phenoxy) is 1. The molecule has 0 saturated carbocycles. The van der Waals surface area contributed by atoms with E-state index >= 15 is 0 Å². The van der Waals surface area contributed by atoms with Crippen molar-refractivity contribution in [3.63, 3.8) is 0 Å². The molecule has 1 aromatic heterocycles. The molecule has 0 spiro atoms. The molecule has 4 rings (SSSR count). The van der Waals surface area contributed by atoms with Gasteiger partial charge in [0.1, 0.15) is 18.2 Å². The molecule has 6 nitrogen and oxygen atoms in total. The third kappa shape index (κ3) is 5.29. The van der Waals surface area contributed by atoms with Crippen LogP contribution in [0.3, 0.4) is 0 Å². The number of benzene rings is 2. The van der Waals surface area contributed by atoms with Gasteiger partial charge in [-0.15, -0.1) is 0 Å². The third-order valence-corrected chi connectivity index (χ3v) is 5.95. The Bertz CT molecular complexity index is 1100. The van der Waals surface area contributed by atoms with E-state index in [4.69, 9.17) is 9.84 Å². The highest BCUT2D eigenvalue weighted by Gasteiger charge is 2.27. The summed E-state index contributed by atoms with van der Waals surface area (Å²) in [6.07, 6.45) is 0.763. The van der Waals surface area contributed by atoms with E-state index in [1.54, 1.807) is 29.2 Å². The van der Waals surface area contributed by atoms with Gasteiger partial charge in [0.25, 0.3) is 0 Å². The Hall–Kier alpha value is -3.10. The van der Waals surface area contributed by atoms with E-state index in [1.807, 2.05) is 11.6 Å². The predicted molar refractivity (Wildman–Crippen MR) is 121 cm³/mol. The van der Waals surface area contributed by atoms with Crippen molar-refractivity contribution in [3.8, 4) is 5.69 Å². The van der Waals surface area contributed by atoms with Crippen LogP contribution in [-0.4, -0.2) is 52.3 Å². The molecular formula is C25H28F2N4O2. The Labute approximate surface area is 192 Å². The Morgan fingerprint density at radius 1 is 1.09 bits per heavy atom. The van der Waals surface area contributed by atoms with Crippen LogP contribution in [0.15, 0.2) is 48.5 Å². The maximum absolute atomic E-state index is 13.5. The fraction of sp³-hybridized carbons (Fsp3) is 0.360. The molecule has 0 saturated heterocycles. The van der Waals surface area contributed by atoms with Gasteiger partial charge in [-0.05, 0) is 48.9 Å². The van der Waals surface area contributed by atoms with Crippen molar-refractivity contribution in [1.82, 2.24) is 19.6 Å². The first-order valence-electron chi connectivity index (χ1n) is 11.1. The van der Waals surface area contributed by atoms with Gasteiger partial charge in [0.05, 0.1) is 23.6 Å². The molecule has 2 heterocycles. The maximum Gasteiger partial charge on any atom is 0.248 e. The van der Waals surface area contributed by atoms with E-state index in [-0.39, 0.29) is 24.1 Å². The molecule has 1 amide bonds. The first-order valence-corrected chi connectivity index (χ1v) is 11.1. The first-order chi connectivity index (χ1) is 16.0. The SMILES string of the molecule is CCN(Cc1nn(-c2ccc(F)cc2)c2c1CN(Cc1ccc(F)cc1)CC2)C(=O)COC. The lowest BCUT2D eigenvalue weighted by molar-refractivity contribution is -0.135. The minimum absolute atomic E-state index is 0.0192. The van der Waals surface area contributed by atoms with Gasteiger partial charge in [-0.25, -0.2) is 13.5 Å². The zero-order valence-corrected chi connectivity index (χ0v) is 18.9. The summed E-state index contributed by atoms with van der Waals surface area (Å²) in [5, 5.41) is 4.86.